The van der Waals surface area contributed by atoms with Crippen LogP contribution < -0.4 is 19.7 Å². The van der Waals surface area contributed by atoms with Gasteiger partial charge in [0.15, 0.2) is 11.6 Å². The minimum Gasteiger partial charge on any atom is -0.490 e. The van der Waals surface area contributed by atoms with E-state index in [1.165, 1.54) is 18.2 Å². The number of carbonyl (C=O) groups is 2. The van der Waals surface area contributed by atoms with Gasteiger partial charge >= 0.3 is 6.03 Å². The summed E-state index contributed by atoms with van der Waals surface area (Å²) in [7, 11) is -3.71. The second-order valence-corrected chi connectivity index (χ2v) is 9.76. The van der Waals surface area contributed by atoms with Crippen molar-refractivity contribution in [2.75, 3.05) is 23.8 Å². The van der Waals surface area contributed by atoms with Crippen molar-refractivity contribution in [3.8, 4) is 5.75 Å². The number of nitrogens with zero attached hydrogens (tertiary/aromatic N) is 3. The summed E-state index contributed by atoms with van der Waals surface area (Å²) in [5.74, 6) is -0.349. The summed E-state index contributed by atoms with van der Waals surface area (Å²) in [6.45, 7) is 1.92. The van der Waals surface area contributed by atoms with E-state index in [0.717, 1.165) is 17.7 Å². The number of urea groups is 1. The topological polar surface area (TPSA) is 146 Å². The number of aryl methyl sites for hydroxylation is 1. The van der Waals surface area contributed by atoms with Gasteiger partial charge in [-0.25, -0.2) is 22.3 Å². The van der Waals surface area contributed by atoms with Crippen LogP contribution in [0.3, 0.4) is 0 Å². The zero-order valence-electron chi connectivity index (χ0n) is 17.3. The van der Waals surface area contributed by atoms with Gasteiger partial charge in [0.1, 0.15) is 12.4 Å². The molecule has 13 heteroatoms. The van der Waals surface area contributed by atoms with Crippen LogP contribution in [0.2, 0.25) is 0 Å². The zero-order valence-corrected chi connectivity index (χ0v) is 18.1. The lowest BCUT2D eigenvalue weighted by molar-refractivity contribution is -0.117. The number of hydrogen-bond donors (Lipinski definition) is 3. The van der Waals surface area contributed by atoms with Gasteiger partial charge in [0.25, 0.3) is 0 Å². The van der Waals surface area contributed by atoms with Crippen molar-refractivity contribution in [1.82, 2.24) is 25.2 Å². The third-order valence-electron chi connectivity index (χ3n) is 5.16. The second-order valence-electron chi connectivity index (χ2n) is 7.89. The van der Waals surface area contributed by atoms with E-state index in [4.69, 9.17) is 4.74 Å². The van der Waals surface area contributed by atoms with Gasteiger partial charge in [-0.1, -0.05) is 6.07 Å². The first-order valence-corrected chi connectivity index (χ1v) is 11.8. The van der Waals surface area contributed by atoms with E-state index < -0.39 is 33.8 Å². The highest BCUT2D eigenvalue weighted by Gasteiger charge is 2.30. The van der Waals surface area contributed by atoms with Crippen LogP contribution in [0.5, 0.6) is 5.75 Å². The fourth-order valence-corrected chi connectivity index (χ4v) is 4.41. The van der Waals surface area contributed by atoms with Crippen LogP contribution in [-0.2, 0) is 21.2 Å². The minimum atomic E-state index is -3.71. The van der Waals surface area contributed by atoms with E-state index in [1.807, 2.05) is 0 Å². The van der Waals surface area contributed by atoms with E-state index in [0.29, 0.717) is 18.1 Å². The Bertz CT molecular complexity index is 1130. The largest absolute Gasteiger partial charge is 0.490 e. The molecule has 1 aromatic heterocycles. The molecule has 0 radical (unpaired) electrons. The smallest absolute Gasteiger partial charge is 0.331 e. The molecule has 4 rings (SSSR count). The average Bonchev–Trinajstić information content (AvgIpc) is 3.33. The highest BCUT2D eigenvalue weighted by Crippen LogP contribution is 2.31. The van der Waals surface area contributed by atoms with Crippen LogP contribution in [0.4, 0.5) is 15.1 Å². The summed E-state index contributed by atoms with van der Waals surface area (Å²) in [5.41, 5.74) is 0.576. The number of sulfonamides is 1. The van der Waals surface area contributed by atoms with Gasteiger partial charge in [0.2, 0.25) is 21.9 Å². The Kier molecular flexibility index (Phi) is 6.11. The molecule has 2 aromatic rings. The molecule has 1 aliphatic heterocycles. The molecule has 2 heterocycles. The lowest BCUT2D eigenvalue weighted by Gasteiger charge is -2.16. The zero-order chi connectivity index (χ0) is 22.9. The molecule has 172 valence electrons. The summed E-state index contributed by atoms with van der Waals surface area (Å²) in [4.78, 5) is 26.8. The van der Waals surface area contributed by atoms with Crippen molar-refractivity contribution in [1.29, 1.82) is 0 Å². The maximum Gasteiger partial charge on any atom is 0.331 e. The van der Waals surface area contributed by atoms with Crippen LogP contribution in [0, 0.1) is 11.7 Å². The molecule has 0 bridgehead atoms. The van der Waals surface area contributed by atoms with Crippen LogP contribution >= 0.6 is 0 Å². The predicted octanol–water partition coefficient (Wildman–Crippen LogP) is 1.01. The fourth-order valence-electron chi connectivity index (χ4n) is 3.15. The number of halogens is 1. The maximum absolute atomic E-state index is 14.0. The van der Waals surface area contributed by atoms with Gasteiger partial charge in [0.05, 0.1) is 12.4 Å². The third-order valence-corrected chi connectivity index (χ3v) is 6.62. The summed E-state index contributed by atoms with van der Waals surface area (Å²) in [5, 5.41) is 9.73. The van der Waals surface area contributed by atoms with Crippen LogP contribution in [0.15, 0.2) is 18.2 Å². The van der Waals surface area contributed by atoms with Crippen molar-refractivity contribution in [2.24, 2.45) is 5.92 Å². The minimum absolute atomic E-state index is 0.0115. The van der Waals surface area contributed by atoms with E-state index >= 15 is 0 Å². The first-order valence-electron chi connectivity index (χ1n) is 10.2. The SMILES string of the molecule is C[C@@H](NS(=O)(=O)CCc1nnc(N2CC(=O)NC2=O)[nH]1)c1ccc(F)c(OCC2CC2)c1. The molecule has 2 aliphatic rings. The Morgan fingerprint density at radius 1 is 1.31 bits per heavy atom. The predicted molar refractivity (Wildman–Crippen MR) is 111 cm³/mol. The van der Waals surface area contributed by atoms with Gasteiger partial charge in [-0.3, -0.25) is 15.0 Å². The molecular formula is C19H23FN6O5S. The number of aromatic amines is 1. The lowest BCUT2D eigenvalue weighted by Crippen LogP contribution is -2.30. The molecule has 1 atom stereocenters. The molecule has 0 spiro atoms. The average molecular weight is 466 g/mol. The second kappa shape index (κ2) is 8.82. The molecule has 3 N–H and O–H groups in total. The number of ether oxygens (including phenoxy) is 1. The maximum atomic E-state index is 14.0. The third kappa shape index (κ3) is 5.40. The molecular weight excluding hydrogens is 443 g/mol. The van der Waals surface area contributed by atoms with Gasteiger partial charge in [-0.15, -0.1) is 10.2 Å². The first kappa shape index (κ1) is 22.1. The van der Waals surface area contributed by atoms with Crippen LogP contribution in [0.1, 0.15) is 37.2 Å². The molecule has 3 amide bonds. The number of anilines is 1. The summed E-state index contributed by atoms with van der Waals surface area (Å²) >= 11 is 0. The monoisotopic (exact) mass is 466 g/mol. The normalized spacial score (nSPS) is 17.5. The molecule has 11 nitrogen and oxygen atoms in total. The summed E-state index contributed by atoms with van der Waals surface area (Å²) in [6, 6.07) is 3.06. The van der Waals surface area contributed by atoms with E-state index in [9.17, 15) is 22.4 Å². The molecule has 1 saturated carbocycles. The van der Waals surface area contributed by atoms with Crippen molar-refractivity contribution < 1.29 is 27.1 Å². The quantitative estimate of drug-likeness (QED) is 0.443. The van der Waals surface area contributed by atoms with Gasteiger partial charge < -0.3 is 9.72 Å². The van der Waals surface area contributed by atoms with E-state index in [-0.39, 0.29) is 36.2 Å². The molecule has 1 aliphatic carbocycles. The summed E-state index contributed by atoms with van der Waals surface area (Å²) in [6.07, 6.45) is 2.17. The van der Waals surface area contributed by atoms with Crippen LogP contribution in [-0.4, -0.2) is 54.4 Å². The molecule has 32 heavy (non-hydrogen) atoms. The first-order chi connectivity index (χ1) is 15.2. The highest BCUT2D eigenvalue weighted by molar-refractivity contribution is 7.89. The van der Waals surface area contributed by atoms with Crippen molar-refractivity contribution in [2.45, 2.75) is 32.2 Å². The number of imide groups is 1. The van der Waals surface area contributed by atoms with Crippen molar-refractivity contribution in [3.63, 3.8) is 0 Å². The van der Waals surface area contributed by atoms with Crippen molar-refractivity contribution in [3.05, 3.63) is 35.4 Å². The molecule has 0 unspecified atom stereocenters. The van der Waals surface area contributed by atoms with Crippen molar-refractivity contribution >= 4 is 27.9 Å². The Morgan fingerprint density at radius 2 is 2.09 bits per heavy atom. The number of hydrogen-bond acceptors (Lipinski definition) is 7. The molecule has 2 fully saturated rings. The Labute approximate surface area is 183 Å². The Morgan fingerprint density at radius 3 is 2.78 bits per heavy atom. The highest BCUT2D eigenvalue weighted by atomic mass is 32.2. The molecule has 1 aromatic carbocycles. The van der Waals surface area contributed by atoms with E-state index in [2.05, 4.69) is 25.2 Å². The fraction of sp³-hybridized carbons (Fsp3) is 0.474. The van der Waals surface area contributed by atoms with Crippen LogP contribution in [0.25, 0.3) is 0 Å². The van der Waals surface area contributed by atoms with E-state index in [1.54, 1.807) is 6.92 Å². The van der Waals surface area contributed by atoms with Gasteiger partial charge in [-0.2, -0.15) is 0 Å². The number of H-pyrrole nitrogens is 1. The number of aromatic nitrogens is 3. The number of rotatable bonds is 10. The standard InChI is InChI=1S/C19H23FN6O5S/c1-11(13-4-5-14(20)15(8-13)31-10-12-2-3-12)25-32(29,30)7-6-16-21-18(24-23-16)26-9-17(27)22-19(26)28/h4-5,8,11-12,25H,2-3,6-7,9-10H2,1H3,(H,21,23,24)(H,22,27,28)/t11-/m1/s1. The Hall–Kier alpha value is -3.06. The number of nitrogens with one attached hydrogen (secondary N) is 3. The van der Waals surface area contributed by atoms with Gasteiger partial charge in [-0.05, 0) is 43.4 Å². The van der Waals surface area contributed by atoms with Gasteiger partial charge in [0, 0.05) is 12.5 Å². The number of amides is 3. The molecule has 1 saturated heterocycles. The number of benzene rings is 1. The lowest BCUT2D eigenvalue weighted by atomic mass is 10.1. The summed E-state index contributed by atoms with van der Waals surface area (Å²) < 4.78 is 47.1. The number of carbonyl (C=O) groups excluding carboxylic acids is 2. The Balaban J connectivity index is 1.33.